The minimum absolute atomic E-state index is 0.0643. The third-order valence-electron chi connectivity index (χ3n) is 4.95. The summed E-state index contributed by atoms with van der Waals surface area (Å²) in [7, 11) is 0. The van der Waals surface area contributed by atoms with E-state index in [4.69, 9.17) is 5.73 Å². The molecule has 5 nitrogen and oxygen atoms in total. The van der Waals surface area contributed by atoms with E-state index in [0.717, 1.165) is 37.1 Å². The lowest BCUT2D eigenvalue weighted by Gasteiger charge is -2.31. The highest BCUT2D eigenvalue weighted by molar-refractivity contribution is 6.04. The molecule has 3 rings (SSSR count). The molecule has 154 valence electrons. The smallest absolute Gasteiger partial charge is 0.369 e. The SMILES string of the molecule is NC(=O)C1CCCN(Cc2cccc(NC(=O)c3cccc(C(F)(F)F)c3)c2)C1. The number of hydrogen-bond acceptors (Lipinski definition) is 3. The monoisotopic (exact) mass is 405 g/mol. The van der Waals surface area contributed by atoms with Gasteiger partial charge in [-0.3, -0.25) is 14.5 Å². The molecule has 0 bridgehead atoms. The molecule has 3 N–H and O–H groups in total. The molecule has 8 heteroatoms. The number of primary amides is 1. The lowest BCUT2D eigenvalue weighted by Crippen LogP contribution is -2.40. The molecule has 2 aromatic carbocycles. The second-order valence-electron chi connectivity index (χ2n) is 7.21. The van der Waals surface area contributed by atoms with E-state index in [-0.39, 0.29) is 17.4 Å². The Bertz CT molecular complexity index is 899. The standard InChI is InChI=1S/C21H22F3N3O2/c22-21(23,24)17-7-2-5-15(11-17)20(29)26-18-8-1-4-14(10-18)12-27-9-3-6-16(13-27)19(25)28/h1-2,4-5,7-8,10-11,16H,3,6,9,12-13H2,(H2,25,28)(H,26,29). The van der Waals surface area contributed by atoms with Crippen LogP contribution < -0.4 is 11.1 Å². The lowest BCUT2D eigenvalue weighted by molar-refractivity contribution is -0.137. The van der Waals surface area contributed by atoms with Gasteiger partial charge in [0, 0.05) is 24.3 Å². The topological polar surface area (TPSA) is 75.4 Å². The van der Waals surface area contributed by atoms with E-state index in [2.05, 4.69) is 10.2 Å². The van der Waals surface area contributed by atoms with Crippen molar-refractivity contribution in [2.24, 2.45) is 11.7 Å². The van der Waals surface area contributed by atoms with Crippen molar-refractivity contribution < 1.29 is 22.8 Å². The summed E-state index contributed by atoms with van der Waals surface area (Å²) in [6.07, 6.45) is -2.83. The Morgan fingerprint density at radius 3 is 2.62 bits per heavy atom. The van der Waals surface area contributed by atoms with Crippen molar-refractivity contribution >= 4 is 17.5 Å². The predicted molar refractivity (Wildman–Crippen MR) is 103 cm³/mol. The van der Waals surface area contributed by atoms with E-state index in [1.165, 1.54) is 12.1 Å². The van der Waals surface area contributed by atoms with Crippen LogP contribution in [0.15, 0.2) is 48.5 Å². The Morgan fingerprint density at radius 1 is 1.14 bits per heavy atom. The second-order valence-corrected chi connectivity index (χ2v) is 7.21. The van der Waals surface area contributed by atoms with Crippen LogP contribution in [-0.2, 0) is 17.5 Å². The number of carbonyl (C=O) groups excluding carboxylic acids is 2. The zero-order valence-electron chi connectivity index (χ0n) is 15.7. The summed E-state index contributed by atoms with van der Waals surface area (Å²) in [4.78, 5) is 25.9. The first-order chi connectivity index (χ1) is 13.7. The van der Waals surface area contributed by atoms with Gasteiger partial charge in [0.25, 0.3) is 5.91 Å². The molecule has 0 saturated carbocycles. The Balaban J connectivity index is 1.67. The van der Waals surface area contributed by atoms with Gasteiger partial charge < -0.3 is 11.1 Å². The van der Waals surface area contributed by atoms with Crippen LogP contribution in [0.3, 0.4) is 0 Å². The molecule has 1 aliphatic heterocycles. The molecule has 1 heterocycles. The van der Waals surface area contributed by atoms with Gasteiger partial charge >= 0.3 is 6.18 Å². The fourth-order valence-corrected chi connectivity index (χ4v) is 3.48. The molecule has 0 spiro atoms. The van der Waals surface area contributed by atoms with Crippen molar-refractivity contribution in [3.63, 3.8) is 0 Å². The van der Waals surface area contributed by atoms with Crippen molar-refractivity contribution in [3.8, 4) is 0 Å². The number of likely N-dealkylation sites (tertiary alicyclic amines) is 1. The molecule has 1 unspecified atom stereocenters. The Kier molecular flexibility index (Phi) is 6.22. The molecule has 1 fully saturated rings. The van der Waals surface area contributed by atoms with Crippen LogP contribution in [0.1, 0.15) is 34.3 Å². The van der Waals surface area contributed by atoms with E-state index in [1.54, 1.807) is 18.2 Å². The zero-order valence-corrected chi connectivity index (χ0v) is 15.7. The average molecular weight is 405 g/mol. The first-order valence-corrected chi connectivity index (χ1v) is 9.31. The molecular formula is C21H22F3N3O2. The van der Waals surface area contributed by atoms with Crippen LogP contribution in [0.5, 0.6) is 0 Å². The van der Waals surface area contributed by atoms with Crippen LogP contribution in [0.4, 0.5) is 18.9 Å². The van der Waals surface area contributed by atoms with Crippen molar-refractivity contribution in [1.29, 1.82) is 0 Å². The van der Waals surface area contributed by atoms with Crippen molar-refractivity contribution in [2.75, 3.05) is 18.4 Å². The maximum Gasteiger partial charge on any atom is 0.416 e. The van der Waals surface area contributed by atoms with Crippen molar-refractivity contribution in [2.45, 2.75) is 25.6 Å². The number of amides is 2. The number of hydrogen-bond donors (Lipinski definition) is 2. The number of piperidine rings is 1. The number of nitrogens with zero attached hydrogens (tertiary/aromatic N) is 1. The first-order valence-electron chi connectivity index (χ1n) is 9.31. The van der Waals surface area contributed by atoms with Gasteiger partial charge in [-0.1, -0.05) is 18.2 Å². The molecule has 1 aliphatic rings. The van der Waals surface area contributed by atoms with Crippen LogP contribution in [0.25, 0.3) is 0 Å². The summed E-state index contributed by atoms with van der Waals surface area (Å²) in [6.45, 7) is 2.04. The molecule has 2 aromatic rings. The second kappa shape index (κ2) is 8.65. The molecule has 0 aromatic heterocycles. The van der Waals surface area contributed by atoms with Crippen LogP contribution >= 0.6 is 0 Å². The van der Waals surface area contributed by atoms with Gasteiger partial charge in [-0.25, -0.2) is 0 Å². The summed E-state index contributed by atoms with van der Waals surface area (Å²) < 4.78 is 38.5. The fraction of sp³-hybridized carbons (Fsp3) is 0.333. The third-order valence-corrected chi connectivity index (χ3v) is 4.95. The largest absolute Gasteiger partial charge is 0.416 e. The number of carbonyl (C=O) groups is 2. The van der Waals surface area contributed by atoms with E-state index < -0.39 is 17.6 Å². The molecule has 1 atom stereocenters. The highest BCUT2D eigenvalue weighted by Crippen LogP contribution is 2.29. The number of rotatable bonds is 5. The van der Waals surface area contributed by atoms with E-state index in [9.17, 15) is 22.8 Å². The summed E-state index contributed by atoms with van der Waals surface area (Å²) in [5.41, 5.74) is 5.90. The average Bonchev–Trinajstić information content (AvgIpc) is 2.68. The maximum atomic E-state index is 12.8. The Hall–Kier alpha value is -2.87. The Morgan fingerprint density at radius 2 is 1.90 bits per heavy atom. The quantitative estimate of drug-likeness (QED) is 0.797. The number of halogens is 3. The van der Waals surface area contributed by atoms with Crippen LogP contribution in [-0.4, -0.2) is 29.8 Å². The van der Waals surface area contributed by atoms with Crippen molar-refractivity contribution in [3.05, 3.63) is 65.2 Å². The number of nitrogens with one attached hydrogen (secondary N) is 1. The normalized spacial score (nSPS) is 17.7. The van der Waals surface area contributed by atoms with Gasteiger partial charge in [0.05, 0.1) is 11.5 Å². The molecule has 2 amide bonds. The van der Waals surface area contributed by atoms with Gasteiger partial charge in [0.15, 0.2) is 0 Å². The minimum Gasteiger partial charge on any atom is -0.369 e. The summed E-state index contributed by atoms with van der Waals surface area (Å²) in [5.74, 6) is -1.07. The van der Waals surface area contributed by atoms with Gasteiger partial charge in [0.1, 0.15) is 0 Å². The molecule has 29 heavy (non-hydrogen) atoms. The third kappa shape index (κ3) is 5.57. The summed E-state index contributed by atoms with van der Waals surface area (Å²) in [5, 5.41) is 2.64. The lowest BCUT2D eigenvalue weighted by atomic mass is 9.97. The Labute approximate surface area is 166 Å². The van der Waals surface area contributed by atoms with Gasteiger partial charge in [-0.2, -0.15) is 13.2 Å². The van der Waals surface area contributed by atoms with Gasteiger partial charge in [-0.05, 0) is 55.3 Å². The predicted octanol–water partition coefficient (Wildman–Crippen LogP) is 3.66. The van der Waals surface area contributed by atoms with Crippen molar-refractivity contribution in [1.82, 2.24) is 4.90 Å². The van der Waals surface area contributed by atoms with Crippen LogP contribution in [0, 0.1) is 5.92 Å². The number of alkyl halides is 3. The number of anilines is 1. The van der Waals surface area contributed by atoms with E-state index >= 15 is 0 Å². The first kappa shape index (κ1) is 20.9. The number of nitrogens with two attached hydrogens (primary N) is 1. The highest BCUT2D eigenvalue weighted by atomic mass is 19.4. The van der Waals surface area contributed by atoms with Gasteiger partial charge in [-0.15, -0.1) is 0 Å². The summed E-state index contributed by atoms with van der Waals surface area (Å²) in [6, 6.07) is 11.4. The molecule has 0 radical (unpaired) electrons. The fourth-order valence-electron chi connectivity index (χ4n) is 3.48. The van der Waals surface area contributed by atoms with Gasteiger partial charge in [0.2, 0.25) is 5.91 Å². The molecule has 1 saturated heterocycles. The maximum absolute atomic E-state index is 12.8. The number of benzene rings is 2. The van der Waals surface area contributed by atoms with E-state index in [0.29, 0.717) is 18.8 Å². The highest BCUT2D eigenvalue weighted by Gasteiger charge is 2.31. The zero-order chi connectivity index (χ0) is 21.0. The van der Waals surface area contributed by atoms with E-state index in [1.807, 2.05) is 6.07 Å². The minimum atomic E-state index is -4.51. The molecule has 0 aliphatic carbocycles. The molecular weight excluding hydrogens is 383 g/mol. The summed E-state index contributed by atoms with van der Waals surface area (Å²) >= 11 is 0. The van der Waals surface area contributed by atoms with Crippen LogP contribution in [0.2, 0.25) is 0 Å².